The number of rotatable bonds is 8. The molecule has 1 saturated heterocycles. The van der Waals surface area contributed by atoms with Crippen LogP contribution in [-0.4, -0.2) is 65.3 Å². The lowest BCUT2D eigenvalue weighted by Crippen LogP contribution is -2.48. The highest BCUT2D eigenvalue weighted by molar-refractivity contribution is 7.89. The van der Waals surface area contributed by atoms with Crippen molar-refractivity contribution in [2.24, 2.45) is 0 Å². The second kappa shape index (κ2) is 11.5. The maximum Gasteiger partial charge on any atom is 0.299 e. The summed E-state index contributed by atoms with van der Waals surface area (Å²) in [5, 5.41) is 8.18. The number of halogens is 2. The topological polar surface area (TPSA) is 71.3 Å². The molecule has 0 N–H and O–H groups in total. The van der Waals surface area contributed by atoms with E-state index in [1.807, 2.05) is 0 Å². The van der Waals surface area contributed by atoms with Crippen molar-refractivity contribution in [3.8, 4) is 12.3 Å². The Labute approximate surface area is 226 Å². The number of terminal acetylenes is 1. The van der Waals surface area contributed by atoms with Crippen LogP contribution in [0.15, 0.2) is 83.9 Å². The molecule has 5 rings (SSSR count). The monoisotopic (exact) mass is 547 g/mol. The molecule has 4 aromatic rings. The minimum absolute atomic E-state index is 0.0663. The molecular formula is C29H27F2N5O2S. The normalized spacial score (nSPS) is 14.9. The van der Waals surface area contributed by atoms with E-state index in [-0.39, 0.29) is 22.6 Å². The molecule has 0 saturated carbocycles. The fraction of sp³-hybridized carbons (Fsp3) is 0.241. The maximum atomic E-state index is 13.6. The van der Waals surface area contributed by atoms with E-state index in [2.05, 4.69) is 25.9 Å². The number of hydrogen-bond acceptors (Lipinski definition) is 6. The zero-order valence-electron chi connectivity index (χ0n) is 21.1. The van der Waals surface area contributed by atoms with Crippen molar-refractivity contribution in [3.63, 3.8) is 0 Å². The average Bonchev–Trinajstić information content (AvgIpc) is 3.45. The first-order valence-corrected chi connectivity index (χ1v) is 14.0. The Morgan fingerprint density at radius 2 is 1.41 bits per heavy atom. The van der Waals surface area contributed by atoms with E-state index in [4.69, 9.17) is 6.42 Å². The third kappa shape index (κ3) is 6.06. The molecule has 3 aromatic carbocycles. The predicted molar refractivity (Wildman–Crippen MR) is 143 cm³/mol. The molecule has 1 aromatic heterocycles. The highest BCUT2D eigenvalue weighted by atomic mass is 32.2. The summed E-state index contributed by atoms with van der Waals surface area (Å²) < 4.78 is 53.6. The van der Waals surface area contributed by atoms with E-state index in [0.29, 0.717) is 24.2 Å². The fourth-order valence-electron chi connectivity index (χ4n) is 4.75. The molecule has 39 heavy (non-hydrogen) atoms. The lowest BCUT2D eigenvalue weighted by atomic mass is 9.96. The van der Waals surface area contributed by atoms with E-state index < -0.39 is 10.0 Å². The Balaban J connectivity index is 1.21. The Kier molecular flexibility index (Phi) is 7.84. The highest BCUT2D eigenvalue weighted by Gasteiger charge is 2.27. The molecule has 0 atom stereocenters. The van der Waals surface area contributed by atoms with Crippen LogP contribution in [0.5, 0.6) is 0 Å². The molecule has 0 radical (unpaired) electrons. The van der Waals surface area contributed by atoms with Gasteiger partial charge in [0.15, 0.2) is 0 Å². The third-order valence-electron chi connectivity index (χ3n) is 6.88. The van der Waals surface area contributed by atoms with Crippen LogP contribution in [0.25, 0.3) is 0 Å². The van der Waals surface area contributed by atoms with Crippen LogP contribution in [0.3, 0.4) is 0 Å². The first-order valence-electron chi connectivity index (χ1n) is 12.5. The molecule has 0 spiro atoms. The zero-order valence-corrected chi connectivity index (χ0v) is 21.9. The van der Waals surface area contributed by atoms with E-state index in [9.17, 15) is 17.2 Å². The van der Waals surface area contributed by atoms with Gasteiger partial charge < -0.3 is 4.90 Å². The fourth-order valence-corrected chi connectivity index (χ4v) is 5.80. The van der Waals surface area contributed by atoms with Crippen molar-refractivity contribution >= 4 is 10.0 Å². The van der Waals surface area contributed by atoms with Crippen molar-refractivity contribution < 1.29 is 17.2 Å². The summed E-state index contributed by atoms with van der Waals surface area (Å²) in [6.45, 7) is 3.78. The summed E-state index contributed by atoms with van der Waals surface area (Å²) in [7, 11) is -3.90. The van der Waals surface area contributed by atoms with Crippen LogP contribution in [0.2, 0.25) is 0 Å². The predicted octanol–water partition coefficient (Wildman–Crippen LogP) is 3.72. The minimum Gasteiger partial charge on any atom is -0.300 e. The van der Waals surface area contributed by atoms with Gasteiger partial charge in [0.25, 0.3) is 10.0 Å². The van der Waals surface area contributed by atoms with Crippen LogP contribution in [0.1, 0.15) is 28.4 Å². The average molecular weight is 548 g/mol. The van der Waals surface area contributed by atoms with Crippen molar-refractivity contribution in [2.75, 3.05) is 32.7 Å². The number of aromatic nitrogens is 3. The molecular weight excluding hydrogens is 520 g/mol. The second-order valence-corrected chi connectivity index (χ2v) is 11.1. The molecule has 7 nitrogen and oxygen atoms in total. The standard InChI is InChI=1S/C29H27F2N5O2S/c1-2-22-3-13-28(14-4-22)39(37,38)36-32-21-27(33-36)15-16-34-17-19-35(20-18-34)29(23-5-9-25(30)10-6-23)24-7-11-26(31)12-8-24/h1,3-14,21,29H,15-20H2. The lowest BCUT2D eigenvalue weighted by Gasteiger charge is -2.39. The summed E-state index contributed by atoms with van der Waals surface area (Å²) in [6.07, 6.45) is 7.36. The summed E-state index contributed by atoms with van der Waals surface area (Å²) in [5.41, 5.74) is 3.06. The van der Waals surface area contributed by atoms with Gasteiger partial charge in [-0.1, -0.05) is 34.4 Å². The lowest BCUT2D eigenvalue weighted by molar-refractivity contribution is 0.110. The Hall–Kier alpha value is -3.91. The summed E-state index contributed by atoms with van der Waals surface area (Å²) >= 11 is 0. The van der Waals surface area contributed by atoms with Gasteiger partial charge in [-0.05, 0) is 59.7 Å². The van der Waals surface area contributed by atoms with Crippen molar-refractivity contribution in [1.29, 1.82) is 0 Å². The molecule has 2 heterocycles. The molecule has 1 fully saturated rings. The van der Waals surface area contributed by atoms with E-state index in [1.54, 1.807) is 36.4 Å². The molecule has 0 aliphatic carbocycles. The van der Waals surface area contributed by atoms with Crippen LogP contribution in [-0.2, 0) is 16.4 Å². The van der Waals surface area contributed by atoms with Crippen LogP contribution < -0.4 is 0 Å². The van der Waals surface area contributed by atoms with Gasteiger partial charge in [-0.3, -0.25) is 4.90 Å². The second-order valence-electron chi connectivity index (χ2n) is 9.37. The summed E-state index contributed by atoms with van der Waals surface area (Å²) in [6, 6.07) is 18.8. The molecule has 10 heteroatoms. The van der Waals surface area contributed by atoms with Crippen LogP contribution >= 0.6 is 0 Å². The summed E-state index contributed by atoms with van der Waals surface area (Å²) in [4.78, 5) is 4.66. The van der Waals surface area contributed by atoms with E-state index in [1.165, 1.54) is 42.6 Å². The van der Waals surface area contributed by atoms with Gasteiger partial charge in [-0.15, -0.1) is 16.6 Å². The third-order valence-corrected chi connectivity index (χ3v) is 8.35. The van der Waals surface area contributed by atoms with Gasteiger partial charge in [-0.25, -0.2) is 8.78 Å². The van der Waals surface area contributed by atoms with Crippen molar-refractivity contribution in [3.05, 3.63) is 113 Å². The highest BCUT2D eigenvalue weighted by Crippen LogP contribution is 2.30. The van der Waals surface area contributed by atoms with Gasteiger partial charge in [0.2, 0.25) is 0 Å². The number of nitrogens with zero attached hydrogens (tertiary/aromatic N) is 5. The minimum atomic E-state index is -3.90. The van der Waals surface area contributed by atoms with Crippen molar-refractivity contribution in [2.45, 2.75) is 17.4 Å². The number of piperazine rings is 1. The van der Waals surface area contributed by atoms with Gasteiger partial charge in [0.05, 0.1) is 22.8 Å². The first-order chi connectivity index (χ1) is 18.8. The molecule has 0 unspecified atom stereocenters. The molecule has 0 amide bonds. The number of hydrogen-bond donors (Lipinski definition) is 0. The van der Waals surface area contributed by atoms with Gasteiger partial charge >= 0.3 is 0 Å². The number of benzene rings is 3. The molecule has 1 aliphatic heterocycles. The maximum absolute atomic E-state index is 13.6. The Morgan fingerprint density at radius 1 is 0.846 bits per heavy atom. The van der Waals surface area contributed by atoms with Crippen LogP contribution in [0.4, 0.5) is 8.78 Å². The zero-order chi connectivity index (χ0) is 27.4. The molecule has 1 aliphatic rings. The van der Waals surface area contributed by atoms with E-state index >= 15 is 0 Å². The van der Waals surface area contributed by atoms with Gasteiger partial charge in [0, 0.05) is 44.7 Å². The van der Waals surface area contributed by atoms with Crippen molar-refractivity contribution in [1.82, 2.24) is 24.2 Å². The Bertz CT molecular complexity index is 1510. The van der Waals surface area contributed by atoms with E-state index in [0.717, 1.165) is 41.5 Å². The molecule has 0 bridgehead atoms. The van der Waals surface area contributed by atoms with Gasteiger partial charge in [0.1, 0.15) is 11.6 Å². The largest absolute Gasteiger partial charge is 0.300 e. The first kappa shape index (κ1) is 26.7. The smallest absolute Gasteiger partial charge is 0.299 e. The Morgan fingerprint density at radius 3 is 1.95 bits per heavy atom. The van der Waals surface area contributed by atoms with Gasteiger partial charge in [-0.2, -0.15) is 8.42 Å². The van der Waals surface area contributed by atoms with Crippen LogP contribution in [0, 0.1) is 24.0 Å². The molecule has 200 valence electrons. The SMILES string of the molecule is C#Cc1ccc(S(=O)(=O)n2ncc(CCN3CCN(C(c4ccc(F)cc4)c4ccc(F)cc4)CC3)n2)cc1. The quantitative estimate of drug-likeness (QED) is 0.313. The summed E-state index contributed by atoms with van der Waals surface area (Å²) in [5.74, 6) is 1.86.